The lowest BCUT2D eigenvalue weighted by Crippen LogP contribution is -2.31. The Morgan fingerprint density at radius 2 is 1.45 bits per heavy atom. The summed E-state index contributed by atoms with van der Waals surface area (Å²) in [5.41, 5.74) is 6.50. The minimum absolute atomic E-state index is 0.950. The monoisotopic (exact) mass is 283 g/mol. The lowest BCUT2D eigenvalue weighted by Gasteiger charge is -2.01. The van der Waals surface area contributed by atoms with Crippen molar-refractivity contribution in [2.75, 3.05) is 0 Å². The highest BCUT2D eigenvalue weighted by atomic mass is 15.2. The quantitative estimate of drug-likeness (QED) is 0.412. The first kappa shape index (κ1) is 11.8. The zero-order chi connectivity index (χ0) is 14.5. The molecule has 2 heteroatoms. The zero-order valence-corrected chi connectivity index (χ0v) is 12.1. The van der Waals surface area contributed by atoms with Crippen LogP contribution in [0.4, 0.5) is 0 Å². The number of rotatable bonds is 1. The molecule has 2 nitrogen and oxygen atoms in total. The second kappa shape index (κ2) is 4.31. The van der Waals surface area contributed by atoms with Gasteiger partial charge in [-0.1, -0.05) is 48.5 Å². The molecule has 0 saturated heterocycles. The third-order valence-electron chi connectivity index (χ3n) is 4.48. The topological polar surface area (TPSA) is 8.81 Å². The fraction of sp³-hybridized carbons (Fsp3) is 0.0500. The molecule has 0 aliphatic carbocycles. The highest BCUT2D eigenvalue weighted by Crippen LogP contribution is 2.33. The number of imidazole rings is 1. The standard InChI is InChI=1S/C20H15N2/c1-2-9-16(10-3-1)22-19-13-7-6-12-18(19)21-14-15-8-4-5-11-17(15)20(21)22/h1-13H,14H2/q+1. The molecule has 22 heavy (non-hydrogen) atoms. The van der Waals surface area contributed by atoms with E-state index in [-0.39, 0.29) is 0 Å². The fourth-order valence-electron chi connectivity index (χ4n) is 3.54. The van der Waals surface area contributed by atoms with Gasteiger partial charge in [-0.05, 0) is 30.3 Å². The van der Waals surface area contributed by atoms with Crippen LogP contribution in [0.1, 0.15) is 5.56 Å². The summed E-state index contributed by atoms with van der Waals surface area (Å²) in [7, 11) is 0. The van der Waals surface area contributed by atoms with Gasteiger partial charge in [0.2, 0.25) is 0 Å². The predicted molar refractivity (Wildman–Crippen MR) is 88.0 cm³/mol. The number of para-hydroxylation sites is 3. The molecule has 0 unspecified atom stereocenters. The normalized spacial score (nSPS) is 12.4. The Morgan fingerprint density at radius 3 is 2.36 bits per heavy atom. The number of aromatic nitrogens is 2. The fourth-order valence-corrected chi connectivity index (χ4v) is 3.54. The lowest BCUT2D eigenvalue weighted by molar-refractivity contribution is -0.645. The van der Waals surface area contributed by atoms with Crippen LogP contribution >= 0.6 is 0 Å². The van der Waals surface area contributed by atoms with Gasteiger partial charge in [0.25, 0.3) is 5.82 Å². The van der Waals surface area contributed by atoms with Gasteiger partial charge in [-0.2, -0.15) is 4.57 Å². The van der Waals surface area contributed by atoms with Crippen molar-refractivity contribution in [1.29, 1.82) is 0 Å². The minimum atomic E-state index is 0.950. The van der Waals surface area contributed by atoms with E-state index >= 15 is 0 Å². The van der Waals surface area contributed by atoms with E-state index in [0.717, 1.165) is 6.54 Å². The smallest absolute Gasteiger partial charge is 0.218 e. The van der Waals surface area contributed by atoms with E-state index in [1.165, 1.54) is 33.7 Å². The molecular weight excluding hydrogens is 268 g/mol. The number of benzene rings is 3. The van der Waals surface area contributed by atoms with Crippen molar-refractivity contribution < 1.29 is 4.57 Å². The van der Waals surface area contributed by atoms with Crippen LogP contribution in [0.2, 0.25) is 0 Å². The molecule has 1 aliphatic rings. The van der Waals surface area contributed by atoms with E-state index < -0.39 is 0 Å². The molecule has 3 aromatic carbocycles. The van der Waals surface area contributed by atoms with Crippen LogP contribution < -0.4 is 4.57 Å². The maximum Gasteiger partial charge on any atom is 0.295 e. The summed E-state index contributed by atoms with van der Waals surface area (Å²) in [6.07, 6.45) is 0. The van der Waals surface area contributed by atoms with Gasteiger partial charge >= 0.3 is 0 Å². The van der Waals surface area contributed by atoms with E-state index in [1.54, 1.807) is 0 Å². The van der Waals surface area contributed by atoms with Crippen molar-refractivity contribution in [2.45, 2.75) is 6.54 Å². The highest BCUT2D eigenvalue weighted by molar-refractivity contribution is 5.80. The van der Waals surface area contributed by atoms with Crippen LogP contribution in [0.15, 0.2) is 78.9 Å². The Morgan fingerprint density at radius 1 is 0.727 bits per heavy atom. The largest absolute Gasteiger partial charge is 0.295 e. The van der Waals surface area contributed by atoms with Crippen molar-refractivity contribution in [2.24, 2.45) is 0 Å². The second-order valence-electron chi connectivity index (χ2n) is 5.73. The maximum atomic E-state index is 2.42. The van der Waals surface area contributed by atoms with Gasteiger partial charge in [0.1, 0.15) is 12.2 Å². The Bertz CT molecular complexity index is 997. The molecular formula is C20H15N2+. The molecule has 0 radical (unpaired) electrons. The zero-order valence-electron chi connectivity index (χ0n) is 12.1. The first-order valence-corrected chi connectivity index (χ1v) is 7.60. The average Bonchev–Trinajstić information content (AvgIpc) is 3.10. The number of nitrogens with zero attached hydrogens (tertiary/aromatic N) is 2. The summed E-state index contributed by atoms with van der Waals surface area (Å²) in [6, 6.07) is 28.0. The third-order valence-corrected chi connectivity index (χ3v) is 4.48. The third kappa shape index (κ3) is 1.47. The minimum Gasteiger partial charge on any atom is -0.218 e. The number of hydrogen-bond acceptors (Lipinski definition) is 0. The lowest BCUT2D eigenvalue weighted by atomic mass is 10.1. The first-order valence-electron chi connectivity index (χ1n) is 7.60. The Balaban J connectivity index is 1.95. The molecule has 5 rings (SSSR count). The number of fused-ring (bicyclic) bond motifs is 5. The van der Waals surface area contributed by atoms with Crippen molar-refractivity contribution in [1.82, 2.24) is 4.57 Å². The van der Waals surface area contributed by atoms with Gasteiger partial charge in [-0.15, -0.1) is 0 Å². The molecule has 4 aromatic rings. The summed E-state index contributed by atoms with van der Waals surface area (Å²) >= 11 is 0. The van der Waals surface area contributed by atoms with Crippen molar-refractivity contribution in [3.8, 4) is 17.1 Å². The molecule has 104 valence electrons. The SMILES string of the molecule is c1ccc(-n2c3[n+](c4ccccc42)Cc2ccccc2-3)cc1. The van der Waals surface area contributed by atoms with Crippen LogP contribution in [-0.4, -0.2) is 4.57 Å². The first-order chi connectivity index (χ1) is 10.9. The maximum absolute atomic E-state index is 2.42. The van der Waals surface area contributed by atoms with E-state index in [4.69, 9.17) is 0 Å². The Hall–Kier alpha value is -2.87. The Labute approximate surface area is 128 Å². The molecule has 0 fully saturated rings. The van der Waals surface area contributed by atoms with Crippen LogP contribution in [0.25, 0.3) is 28.1 Å². The summed E-state index contributed by atoms with van der Waals surface area (Å²) in [4.78, 5) is 0. The molecule has 1 aliphatic heterocycles. The summed E-state index contributed by atoms with van der Waals surface area (Å²) in [6.45, 7) is 0.950. The van der Waals surface area contributed by atoms with Crippen molar-refractivity contribution in [3.05, 3.63) is 84.4 Å². The summed E-state index contributed by atoms with van der Waals surface area (Å²) in [5.74, 6) is 1.28. The van der Waals surface area contributed by atoms with E-state index in [9.17, 15) is 0 Å². The van der Waals surface area contributed by atoms with Crippen molar-refractivity contribution >= 4 is 11.0 Å². The van der Waals surface area contributed by atoms with Gasteiger partial charge in [0.05, 0.1) is 5.56 Å². The second-order valence-corrected chi connectivity index (χ2v) is 5.73. The van der Waals surface area contributed by atoms with Gasteiger partial charge < -0.3 is 0 Å². The van der Waals surface area contributed by atoms with Crippen LogP contribution in [0.5, 0.6) is 0 Å². The molecule has 0 amide bonds. The van der Waals surface area contributed by atoms with Crippen molar-refractivity contribution in [3.63, 3.8) is 0 Å². The van der Waals surface area contributed by atoms with Crippen LogP contribution in [0.3, 0.4) is 0 Å². The number of hydrogen-bond donors (Lipinski definition) is 0. The van der Waals surface area contributed by atoms with Gasteiger partial charge in [0, 0.05) is 5.56 Å². The molecule has 0 bridgehead atoms. The van der Waals surface area contributed by atoms with Crippen LogP contribution in [-0.2, 0) is 6.54 Å². The molecule has 1 aromatic heterocycles. The van der Waals surface area contributed by atoms with E-state index in [2.05, 4.69) is 88.0 Å². The average molecular weight is 283 g/mol. The Kier molecular flexibility index (Phi) is 2.30. The van der Waals surface area contributed by atoms with Crippen LogP contribution in [0, 0.1) is 0 Å². The van der Waals surface area contributed by atoms with Gasteiger partial charge in [-0.3, -0.25) is 0 Å². The summed E-state index contributed by atoms with van der Waals surface area (Å²) < 4.78 is 4.80. The molecule has 0 atom stereocenters. The van der Waals surface area contributed by atoms with E-state index in [1.807, 2.05) is 0 Å². The highest BCUT2D eigenvalue weighted by Gasteiger charge is 2.34. The van der Waals surface area contributed by atoms with Gasteiger partial charge in [-0.25, -0.2) is 4.57 Å². The molecule has 0 N–H and O–H groups in total. The molecule has 2 heterocycles. The van der Waals surface area contributed by atoms with Gasteiger partial charge in [0.15, 0.2) is 11.0 Å². The predicted octanol–water partition coefficient (Wildman–Crippen LogP) is 3.95. The summed E-state index contributed by atoms with van der Waals surface area (Å²) in [5, 5.41) is 0. The molecule has 0 saturated carbocycles. The van der Waals surface area contributed by atoms with E-state index in [0.29, 0.717) is 0 Å². The molecule has 0 spiro atoms.